The molecule has 0 aromatic heterocycles. The van der Waals surface area contributed by atoms with Crippen molar-refractivity contribution in [3.63, 3.8) is 0 Å². The minimum atomic E-state index is 0.892. The predicted octanol–water partition coefficient (Wildman–Crippen LogP) is 3.13. The Morgan fingerprint density at radius 3 is 2.35 bits per heavy atom. The van der Waals surface area contributed by atoms with Crippen molar-refractivity contribution < 1.29 is 0 Å². The third-order valence-corrected chi connectivity index (χ3v) is 3.76. The molecule has 0 spiro atoms. The summed E-state index contributed by atoms with van der Waals surface area (Å²) in [4.78, 5) is 2.64. The van der Waals surface area contributed by atoms with E-state index >= 15 is 0 Å². The lowest BCUT2D eigenvalue weighted by atomic mass is 9.92. The second kappa shape index (κ2) is 8.93. The highest BCUT2D eigenvalue weighted by Gasteiger charge is 2.20. The Hall–Kier alpha value is -0.0800. The van der Waals surface area contributed by atoms with Gasteiger partial charge in [0.05, 0.1) is 0 Å². The quantitative estimate of drug-likeness (QED) is 0.656. The summed E-state index contributed by atoms with van der Waals surface area (Å²) in [6.45, 7) is 13.3. The summed E-state index contributed by atoms with van der Waals surface area (Å²) in [6, 6.07) is 0. The Morgan fingerprint density at radius 1 is 1.00 bits per heavy atom. The van der Waals surface area contributed by atoms with Crippen molar-refractivity contribution in [3.8, 4) is 0 Å². The minimum Gasteiger partial charge on any atom is -0.315 e. The molecule has 0 aromatic rings. The third-order valence-electron chi connectivity index (χ3n) is 3.76. The van der Waals surface area contributed by atoms with Gasteiger partial charge in [-0.2, -0.15) is 0 Å². The molecule has 1 aliphatic rings. The molecular weight excluding hydrogens is 208 g/mol. The first-order chi connectivity index (χ1) is 8.22. The van der Waals surface area contributed by atoms with E-state index in [1.54, 1.807) is 0 Å². The Labute approximate surface area is 108 Å². The van der Waals surface area contributed by atoms with Gasteiger partial charge in [0, 0.05) is 26.2 Å². The fourth-order valence-corrected chi connectivity index (χ4v) is 3.01. The number of nitrogens with zero attached hydrogens (tertiary/aromatic N) is 1. The Kier molecular flexibility index (Phi) is 7.87. The summed E-state index contributed by atoms with van der Waals surface area (Å²) in [5.41, 5.74) is 0. The van der Waals surface area contributed by atoms with Crippen LogP contribution in [0.5, 0.6) is 0 Å². The highest BCUT2D eigenvalue weighted by atomic mass is 15.1. The van der Waals surface area contributed by atoms with Gasteiger partial charge >= 0.3 is 0 Å². The van der Waals surface area contributed by atoms with Gasteiger partial charge < -0.3 is 10.2 Å². The molecule has 1 rings (SSSR count). The maximum Gasteiger partial charge on any atom is 0.0107 e. The topological polar surface area (TPSA) is 15.3 Å². The molecule has 1 aliphatic heterocycles. The molecule has 2 atom stereocenters. The van der Waals surface area contributed by atoms with Crippen molar-refractivity contribution >= 4 is 0 Å². The first-order valence-corrected chi connectivity index (χ1v) is 7.65. The lowest BCUT2D eigenvalue weighted by molar-refractivity contribution is 0.142. The summed E-state index contributed by atoms with van der Waals surface area (Å²) in [7, 11) is 0. The van der Waals surface area contributed by atoms with Crippen LogP contribution in [-0.2, 0) is 0 Å². The molecule has 102 valence electrons. The first-order valence-electron chi connectivity index (χ1n) is 7.65. The average molecular weight is 240 g/mol. The molecule has 1 N–H and O–H groups in total. The lowest BCUT2D eigenvalue weighted by Gasteiger charge is -2.34. The van der Waals surface area contributed by atoms with E-state index in [2.05, 4.69) is 31.0 Å². The van der Waals surface area contributed by atoms with E-state index < -0.39 is 0 Å². The van der Waals surface area contributed by atoms with Crippen LogP contribution in [0, 0.1) is 11.8 Å². The number of hydrogen-bond acceptors (Lipinski definition) is 2. The Morgan fingerprint density at radius 2 is 1.71 bits per heavy atom. The van der Waals surface area contributed by atoms with Gasteiger partial charge in [-0.25, -0.2) is 0 Å². The number of nitrogens with one attached hydrogen (secondary N) is 1. The molecule has 2 nitrogen and oxygen atoms in total. The Bertz CT molecular complexity index is 172. The SMILES string of the molecule is CCCCCCNCCN1CC(C)CC(C)C1. The number of rotatable bonds is 8. The van der Waals surface area contributed by atoms with Crippen LogP contribution >= 0.6 is 0 Å². The van der Waals surface area contributed by atoms with Crippen LogP contribution in [0.3, 0.4) is 0 Å². The van der Waals surface area contributed by atoms with Crippen molar-refractivity contribution in [1.82, 2.24) is 10.2 Å². The summed E-state index contributed by atoms with van der Waals surface area (Å²) < 4.78 is 0. The van der Waals surface area contributed by atoms with Crippen LogP contribution in [0.15, 0.2) is 0 Å². The van der Waals surface area contributed by atoms with Gasteiger partial charge in [-0.3, -0.25) is 0 Å². The van der Waals surface area contributed by atoms with Crippen molar-refractivity contribution in [2.75, 3.05) is 32.7 Å². The predicted molar refractivity (Wildman–Crippen MR) is 76.4 cm³/mol. The zero-order chi connectivity index (χ0) is 12.5. The second-order valence-electron chi connectivity index (χ2n) is 6.02. The van der Waals surface area contributed by atoms with Crippen molar-refractivity contribution in [3.05, 3.63) is 0 Å². The van der Waals surface area contributed by atoms with Gasteiger partial charge in [0.15, 0.2) is 0 Å². The zero-order valence-electron chi connectivity index (χ0n) is 12.2. The van der Waals surface area contributed by atoms with E-state index in [4.69, 9.17) is 0 Å². The van der Waals surface area contributed by atoms with Gasteiger partial charge in [0.25, 0.3) is 0 Å². The van der Waals surface area contributed by atoms with Crippen LogP contribution in [0.4, 0.5) is 0 Å². The maximum atomic E-state index is 3.58. The molecule has 2 unspecified atom stereocenters. The fraction of sp³-hybridized carbons (Fsp3) is 1.00. The fourth-order valence-electron chi connectivity index (χ4n) is 3.01. The van der Waals surface area contributed by atoms with Crippen LogP contribution in [-0.4, -0.2) is 37.6 Å². The van der Waals surface area contributed by atoms with E-state index in [1.165, 1.54) is 64.8 Å². The largest absolute Gasteiger partial charge is 0.315 e. The lowest BCUT2D eigenvalue weighted by Crippen LogP contribution is -2.42. The van der Waals surface area contributed by atoms with E-state index in [0.717, 1.165) is 11.8 Å². The molecular formula is C15H32N2. The molecule has 0 bridgehead atoms. The molecule has 2 heteroatoms. The van der Waals surface area contributed by atoms with Gasteiger partial charge in [-0.05, 0) is 31.2 Å². The molecule has 0 radical (unpaired) electrons. The van der Waals surface area contributed by atoms with E-state index in [0.29, 0.717) is 0 Å². The number of piperidine rings is 1. The Balaban J connectivity index is 1.95. The normalized spacial score (nSPS) is 26.3. The van der Waals surface area contributed by atoms with E-state index in [-0.39, 0.29) is 0 Å². The summed E-state index contributed by atoms with van der Waals surface area (Å²) >= 11 is 0. The van der Waals surface area contributed by atoms with Crippen LogP contribution in [0.25, 0.3) is 0 Å². The van der Waals surface area contributed by atoms with E-state index in [9.17, 15) is 0 Å². The smallest absolute Gasteiger partial charge is 0.0107 e. The monoisotopic (exact) mass is 240 g/mol. The second-order valence-corrected chi connectivity index (χ2v) is 6.02. The zero-order valence-corrected chi connectivity index (χ0v) is 12.2. The van der Waals surface area contributed by atoms with Crippen molar-refractivity contribution in [1.29, 1.82) is 0 Å². The number of likely N-dealkylation sites (tertiary alicyclic amines) is 1. The average Bonchev–Trinajstić information content (AvgIpc) is 2.26. The van der Waals surface area contributed by atoms with Gasteiger partial charge in [-0.15, -0.1) is 0 Å². The maximum absolute atomic E-state index is 3.58. The molecule has 0 saturated carbocycles. The third kappa shape index (κ3) is 7.05. The summed E-state index contributed by atoms with van der Waals surface area (Å²) in [5, 5.41) is 3.58. The minimum absolute atomic E-state index is 0.892. The number of unbranched alkanes of at least 4 members (excludes halogenated alkanes) is 3. The highest BCUT2D eigenvalue weighted by Crippen LogP contribution is 2.20. The van der Waals surface area contributed by atoms with Gasteiger partial charge in [0.2, 0.25) is 0 Å². The molecule has 1 heterocycles. The van der Waals surface area contributed by atoms with Crippen LogP contribution < -0.4 is 5.32 Å². The summed E-state index contributed by atoms with van der Waals surface area (Å²) in [6.07, 6.45) is 6.88. The molecule has 1 fully saturated rings. The standard InChI is InChI=1S/C15H32N2/c1-4-5-6-7-8-16-9-10-17-12-14(2)11-15(3)13-17/h14-16H,4-13H2,1-3H3. The molecule has 0 amide bonds. The summed E-state index contributed by atoms with van der Waals surface area (Å²) in [5.74, 6) is 1.78. The van der Waals surface area contributed by atoms with Crippen molar-refractivity contribution in [2.24, 2.45) is 11.8 Å². The molecule has 17 heavy (non-hydrogen) atoms. The first kappa shape index (κ1) is 15.0. The van der Waals surface area contributed by atoms with Crippen LogP contribution in [0.2, 0.25) is 0 Å². The molecule has 1 saturated heterocycles. The highest BCUT2D eigenvalue weighted by molar-refractivity contribution is 4.74. The number of hydrogen-bond donors (Lipinski definition) is 1. The van der Waals surface area contributed by atoms with Gasteiger partial charge in [0.1, 0.15) is 0 Å². The van der Waals surface area contributed by atoms with Crippen LogP contribution in [0.1, 0.15) is 52.9 Å². The van der Waals surface area contributed by atoms with E-state index in [1.807, 2.05) is 0 Å². The molecule has 0 aromatic carbocycles. The van der Waals surface area contributed by atoms with Gasteiger partial charge in [-0.1, -0.05) is 40.0 Å². The molecule has 0 aliphatic carbocycles. The van der Waals surface area contributed by atoms with Crippen molar-refractivity contribution in [2.45, 2.75) is 52.9 Å².